The molecular formula is C14H12BrClN2O. The van der Waals surface area contributed by atoms with Crippen LogP contribution in [0.25, 0.3) is 0 Å². The normalized spacial score (nSPS) is 10.2. The molecule has 2 aromatic rings. The van der Waals surface area contributed by atoms with Crippen LogP contribution in [0.1, 0.15) is 15.9 Å². The maximum atomic E-state index is 12.1. The second-order valence-electron chi connectivity index (χ2n) is 3.98. The van der Waals surface area contributed by atoms with E-state index in [9.17, 15) is 4.79 Å². The molecule has 3 N–H and O–H groups in total. The standard InChI is InChI=1S/C14H12BrClN2O/c15-10-5-2-1-4-9(10)8-18-14(19)13-11(16)6-3-7-12(13)17/h1-7H,8,17H2,(H,18,19). The number of hydrogen-bond acceptors (Lipinski definition) is 2. The molecule has 0 saturated carbocycles. The molecule has 2 aromatic carbocycles. The van der Waals surface area contributed by atoms with Gasteiger partial charge in [-0.05, 0) is 23.8 Å². The predicted molar refractivity (Wildman–Crippen MR) is 81.2 cm³/mol. The zero-order valence-electron chi connectivity index (χ0n) is 9.99. The number of anilines is 1. The number of amides is 1. The average Bonchev–Trinajstić information content (AvgIpc) is 2.37. The van der Waals surface area contributed by atoms with Gasteiger partial charge in [0.25, 0.3) is 5.91 Å². The molecule has 19 heavy (non-hydrogen) atoms. The fourth-order valence-corrected chi connectivity index (χ4v) is 2.38. The van der Waals surface area contributed by atoms with Crippen LogP contribution in [0.15, 0.2) is 46.9 Å². The second kappa shape index (κ2) is 6.08. The van der Waals surface area contributed by atoms with Crippen molar-refractivity contribution < 1.29 is 4.79 Å². The Morgan fingerprint density at radius 2 is 1.95 bits per heavy atom. The molecule has 0 spiro atoms. The van der Waals surface area contributed by atoms with Crippen LogP contribution >= 0.6 is 27.5 Å². The van der Waals surface area contributed by atoms with Gasteiger partial charge in [-0.1, -0.05) is 51.8 Å². The van der Waals surface area contributed by atoms with Crippen LogP contribution in [-0.2, 0) is 6.54 Å². The van der Waals surface area contributed by atoms with Crippen molar-refractivity contribution in [2.75, 3.05) is 5.73 Å². The van der Waals surface area contributed by atoms with Crippen molar-refractivity contribution in [1.82, 2.24) is 5.32 Å². The van der Waals surface area contributed by atoms with Crippen molar-refractivity contribution in [3.05, 3.63) is 63.1 Å². The molecule has 0 unspecified atom stereocenters. The van der Waals surface area contributed by atoms with Crippen molar-refractivity contribution in [2.24, 2.45) is 0 Å². The third-order valence-electron chi connectivity index (χ3n) is 2.67. The zero-order valence-corrected chi connectivity index (χ0v) is 12.3. The summed E-state index contributed by atoms with van der Waals surface area (Å²) >= 11 is 9.42. The van der Waals surface area contributed by atoms with E-state index >= 15 is 0 Å². The number of carbonyl (C=O) groups excluding carboxylic acids is 1. The van der Waals surface area contributed by atoms with E-state index in [0.717, 1.165) is 10.0 Å². The van der Waals surface area contributed by atoms with Gasteiger partial charge in [-0.3, -0.25) is 4.79 Å². The van der Waals surface area contributed by atoms with E-state index in [-0.39, 0.29) is 5.91 Å². The van der Waals surface area contributed by atoms with Gasteiger partial charge in [-0.15, -0.1) is 0 Å². The number of rotatable bonds is 3. The van der Waals surface area contributed by atoms with Crippen molar-refractivity contribution >= 4 is 39.1 Å². The molecule has 0 aliphatic heterocycles. The predicted octanol–water partition coefficient (Wildman–Crippen LogP) is 3.61. The van der Waals surface area contributed by atoms with Crippen LogP contribution < -0.4 is 11.1 Å². The van der Waals surface area contributed by atoms with Gasteiger partial charge in [0.15, 0.2) is 0 Å². The highest BCUT2D eigenvalue weighted by Crippen LogP contribution is 2.22. The highest BCUT2D eigenvalue weighted by Gasteiger charge is 2.13. The lowest BCUT2D eigenvalue weighted by Crippen LogP contribution is -2.24. The van der Waals surface area contributed by atoms with Gasteiger partial charge in [-0.2, -0.15) is 0 Å². The van der Waals surface area contributed by atoms with Gasteiger partial charge in [0, 0.05) is 16.7 Å². The third kappa shape index (κ3) is 3.28. The monoisotopic (exact) mass is 338 g/mol. The largest absolute Gasteiger partial charge is 0.398 e. The average molecular weight is 340 g/mol. The lowest BCUT2D eigenvalue weighted by atomic mass is 10.1. The summed E-state index contributed by atoms with van der Waals surface area (Å²) in [5.74, 6) is -0.279. The Bertz CT molecular complexity index is 596. The van der Waals surface area contributed by atoms with Crippen molar-refractivity contribution in [1.29, 1.82) is 0 Å². The second-order valence-corrected chi connectivity index (χ2v) is 5.24. The van der Waals surface area contributed by atoms with Crippen LogP contribution in [0.2, 0.25) is 5.02 Å². The molecule has 0 radical (unpaired) electrons. The fraction of sp³-hybridized carbons (Fsp3) is 0.0714. The molecule has 5 heteroatoms. The molecule has 0 saturated heterocycles. The molecule has 3 nitrogen and oxygen atoms in total. The van der Waals surface area contributed by atoms with Gasteiger partial charge in [-0.25, -0.2) is 0 Å². The molecule has 2 rings (SSSR count). The summed E-state index contributed by atoms with van der Waals surface area (Å²) in [5, 5.41) is 3.16. The van der Waals surface area contributed by atoms with Crippen LogP contribution in [0, 0.1) is 0 Å². The van der Waals surface area contributed by atoms with Crippen molar-refractivity contribution in [3.63, 3.8) is 0 Å². The van der Waals surface area contributed by atoms with Gasteiger partial charge in [0.1, 0.15) is 0 Å². The molecule has 0 aliphatic carbocycles. The van der Waals surface area contributed by atoms with E-state index in [1.807, 2.05) is 24.3 Å². The minimum atomic E-state index is -0.279. The van der Waals surface area contributed by atoms with E-state index in [4.69, 9.17) is 17.3 Å². The maximum Gasteiger partial charge on any atom is 0.255 e. The number of carbonyl (C=O) groups is 1. The van der Waals surface area contributed by atoms with E-state index in [1.165, 1.54) is 0 Å². The minimum absolute atomic E-state index is 0.279. The van der Waals surface area contributed by atoms with Crippen LogP contribution in [0.4, 0.5) is 5.69 Å². The first kappa shape index (κ1) is 13.9. The summed E-state index contributed by atoms with van der Waals surface area (Å²) in [4.78, 5) is 12.1. The first-order valence-corrected chi connectivity index (χ1v) is 6.82. The van der Waals surface area contributed by atoms with E-state index in [0.29, 0.717) is 22.8 Å². The van der Waals surface area contributed by atoms with E-state index in [1.54, 1.807) is 18.2 Å². The Kier molecular flexibility index (Phi) is 4.45. The number of nitrogens with one attached hydrogen (secondary N) is 1. The Hall–Kier alpha value is -1.52. The molecule has 0 heterocycles. The van der Waals surface area contributed by atoms with E-state index < -0.39 is 0 Å². The van der Waals surface area contributed by atoms with Gasteiger partial charge in [0.2, 0.25) is 0 Å². The fourth-order valence-electron chi connectivity index (χ4n) is 1.69. The quantitative estimate of drug-likeness (QED) is 0.839. The van der Waals surface area contributed by atoms with E-state index in [2.05, 4.69) is 21.2 Å². The SMILES string of the molecule is Nc1cccc(Cl)c1C(=O)NCc1ccccc1Br. The molecule has 0 bridgehead atoms. The molecule has 0 aromatic heterocycles. The Balaban J connectivity index is 2.13. The molecule has 1 amide bonds. The summed E-state index contributed by atoms with van der Waals surface area (Å²) in [6.07, 6.45) is 0. The summed E-state index contributed by atoms with van der Waals surface area (Å²) in [6, 6.07) is 12.7. The van der Waals surface area contributed by atoms with Gasteiger partial charge < -0.3 is 11.1 Å². The summed E-state index contributed by atoms with van der Waals surface area (Å²) in [5.41, 5.74) is 7.44. The van der Waals surface area contributed by atoms with Gasteiger partial charge in [0.05, 0.1) is 10.6 Å². The lowest BCUT2D eigenvalue weighted by Gasteiger charge is -2.10. The minimum Gasteiger partial charge on any atom is -0.398 e. The van der Waals surface area contributed by atoms with Crippen LogP contribution in [0.5, 0.6) is 0 Å². The van der Waals surface area contributed by atoms with Crippen LogP contribution in [0.3, 0.4) is 0 Å². The zero-order chi connectivity index (χ0) is 13.8. The number of nitrogen functional groups attached to an aromatic ring is 1. The molecule has 0 fully saturated rings. The third-order valence-corrected chi connectivity index (χ3v) is 3.76. The molecule has 98 valence electrons. The van der Waals surface area contributed by atoms with Crippen LogP contribution in [-0.4, -0.2) is 5.91 Å². The lowest BCUT2D eigenvalue weighted by molar-refractivity contribution is 0.0952. The Morgan fingerprint density at radius 1 is 1.21 bits per heavy atom. The number of nitrogens with two attached hydrogens (primary N) is 1. The number of halogens is 2. The van der Waals surface area contributed by atoms with Gasteiger partial charge >= 0.3 is 0 Å². The highest BCUT2D eigenvalue weighted by atomic mass is 79.9. The summed E-state index contributed by atoms with van der Waals surface area (Å²) in [7, 11) is 0. The summed E-state index contributed by atoms with van der Waals surface area (Å²) in [6.45, 7) is 0.408. The Labute approximate surface area is 124 Å². The topological polar surface area (TPSA) is 55.1 Å². The maximum absolute atomic E-state index is 12.1. The first-order valence-electron chi connectivity index (χ1n) is 5.65. The smallest absolute Gasteiger partial charge is 0.255 e. The van der Waals surface area contributed by atoms with Crippen molar-refractivity contribution in [2.45, 2.75) is 6.54 Å². The first-order chi connectivity index (χ1) is 9.09. The molecule has 0 aliphatic rings. The molecule has 0 atom stereocenters. The number of hydrogen-bond donors (Lipinski definition) is 2. The summed E-state index contributed by atoms with van der Waals surface area (Å²) < 4.78 is 0.947. The van der Waals surface area contributed by atoms with Crippen molar-refractivity contribution in [3.8, 4) is 0 Å². The highest BCUT2D eigenvalue weighted by molar-refractivity contribution is 9.10. The molecular weight excluding hydrogens is 328 g/mol. The Morgan fingerprint density at radius 3 is 2.63 bits per heavy atom. The number of benzene rings is 2.